The number of hydrogen-bond donors (Lipinski definition) is 1. The maximum atomic E-state index is 4.13. The molecule has 1 aliphatic carbocycles. The molecule has 1 aliphatic rings. The SMILES string of the molecule is C=Cn1cc(CNC2CC(C)C2)cn1. The van der Waals surface area contributed by atoms with E-state index in [1.807, 2.05) is 12.4 Å². The fourth-order valence-corrected chi connectivity index (χ4v) is 1.90. The van der Waals surface area contributed by atoms with E-state index in [0.29, 0.717) is 0 Å². The molecule has 76 valence electrons. The molecule has 0 bridgehead atoms. The van der Waals surface area contributed by atoms with Crippen LogP contribution in [0.15, 0.2) is 19.0 Å². The van der Waals surface area contributed by atoms with Crippen LogP contribution in [0.2, 0.25) is 0 Å². The highest BCUT2D eigenvalue weighted by molar-refractivity contribution is 5.17. The Morgan fingerprint density at radius 1 is 1.71 bits per heavy atom. The first-order chi connectivity index (χ1) is 6.78. The molecule has 3 heteroatoms. The molecular formula is C11H17N3. The second-order valence-electron chi connectivity index (χ2n) is 4.17. The minimum absolute atomic E-state index is 0.720. The molecule has 0 atom stereocenters. The maximum absolute atomic E-state index is 4.13. The number of nitrogens with one attached hydrogen (secondary N) is 1. The Morgan fingerprint density at radius 2 is 2.50 bits per heavy atom. The Bertz CT molecular complexity index is 310. The molecule has 3 nitrogen and oxygen atoms in total. The molecule has 14 heavy (non-hydrogen) atoms. The van der Waals surface area contributed by atoms with Gasteiger partial charge in [0.05, 0.1) is 6.20 Å². The van der Waals surface area contributed by atoms with Crippen molar-refractivity contribution in [3.8, 4) is 0 Å². The van der Waals surface area contributed by atoms with Crippen LogP contribution < -0.4 is 5.32 Å². The molecule has 0 amide bonds. The molecule has 0 aliphatic heterocycles. The van der Waals surface area contributed by atoms with Crippen molar-refractivity contribution >= 4 is 6.20 Å². The summed E-state index contributed by atoms with van der Waals surface area (Å²) in [5.74, 6) is 0.906. The second kappa shape index (κ2) is 3.96. The molecule has 2 rings (SSSR count). The minimum Gasteiger partial charge on any atom is -0.310 e. The first-order valence-electron chi connectivity index (χ1n) is 5.17. The zero-order valence-corrected chi connectivity index (χ0v) is 8.61. The Kier molecular flexibility index (Phi) is 2.68. The fraction of sp³-hybridized carbons (Fsp3) is 0.545. The van der Waals surface area contributed by atoms with Crippen molar-refractivity contribution in [3.05, 3.63) is 24.5 Å². The van der Waals surface area contributed by atoms with Crippen LogP contribution in [-0.4, -0.2) is 15.8 Å². The summed E-state index contributed by atoms with van der Waals surface area (Å²) in [6.07, 6.45) is 8.22. The van der Waals surface area contributed by atoms with Crippen LogP contribution in [0.3, 0.4) is 0 Å². The Hall–Kier alpha value is -1.09. The van der Waals surface area contributed by atoms with Gasteiger partial charge >= 0.3 is 0 Å². The van der Waals surface area contributed by atoms with E-state index >= 15 is 0 Å². The van der Waals surface area contributed by atoms with Gasteiger partial charge in [0.15, 0.2) is 0 Å². The summed E-state index contributed by atoms with van der Waals surface area (Å²) in [6.45, 7) is 6.88. The average molecular weight is 191 g/mol. The third-order valence-corrected chi connectivity index (χ3v) is 2.81. The van der Waals surface area contributed by atoms with Crippen LogP contribution in [0, 0.1) is 5.92 Å². The zero-order chi connectivity index (χ0) is 9.97. The molecule has 0 saturated heterocycles. The molecule has 0 radical (unpaired) electrons. The van der Waals surface area contributed by atoms with Crippen molar-refractivity contribution in [2.75, 3.05) is 0 Å². The van der Waals surface area contributed by atoms with Crippen LogP contribution in [0.5, 0.6) is 0 Å². The van der Waals surface area contributed by atoms with Crippen LogP contribution in [0.1, 0.15) is 25.3 Å². The first-order valence-corrected chi connectivity index (χ1v) is 5.17. The number of hydrogen-bond acceptors (Lipinski definition) is 2. The van der Waals surface area contributed by atoms with Crippen LogP contribution in [-0.2, 0) is 6.54 Å². The van der Waals surface area contributed by atoms with Gasteiger partial charge in [0.25, 0.3) is 0 Å². The molecule has 0 spiro atoms. The molecular weight excluding hydrogens is 174 g/mol. The van der Waals surface area contributed by atoms with E-state index in [1.165, 1.54) is 18.4 Å². The lowest BCUT2D eigenvalue weighted by atomic mass is 9.82. The van der Waals surface area contributed by atoms with Crippen molar-refractivity contribution in [3.63, 3.8) is 0 Å². The van der Waals surface area contributed by atoms with Crippen molar-refractivity contribution in [1.29, 1.82) is 0 Å². The lowest BCUT2D eigenvalue weighted by molar-refractivity contribution is 0.240. The summed E-state index contributed by atoms with van der Waals surface area (Å²) in [5, 5.41) is 7.65. The van der Waals surface area contributed by atoms with Crippen LogP contribution >= 0.6 is 0 Å². The summed E-state index contributed by atoms with van der Waals surface area (Å²) < 4.78 is 1.74. The van der Waals surface area contributed by atoms with E-state index < -0.39 is 0 Å². The fourth-order valence-electron chi connectivity index (χ4n) is 1.90. The molecule has 1 fully saturated rings. The molecule has 1 aromatic heterocycles. The summed E-state index contributed by atoms with van der Waals surface area (Å²) >= 11 is 0. The Labute approximate surface area is 84.8 Å². The van der Waals surface area contributed by atoms with Crippen LogP contribution in [0.25, 0.3) is 6.20 Å². The smallest absolute Gasteiger partial charge is 0.0538 e. The van der Waals surface area contributed by atoms with Crippen molar-refractivity contribution in [2.45, 2.75) is 32.4 Å². The predicted molar refractivity (Wildman–Crippen MR) is 57.6 cm³/mol. The topological polar surface area (TPSA) is 29.9 Å². The predicted octanol–water partition coefficient (Wildman–Crippen LogP) is 1.87. The molecule has 1 aromatic rings. The van der Waals surface area contributed by atoms with Crippen molar-refractivity contribution in [2.24, 2.45) is 5.92 Å². The highest BCUT2D eigenvalue weighted by Gasteiger charge is 2.24. The van der Waals surface area contributed by atoms with Crippen molar-refractivity contribution in [1.82, 2.24) is 15.1 Å². The minimum atomic E-state index is 0.720. The van der Waals surface area contributed by atoms with E-state index in [-0.39, 0.29) is 0 Å². The standard InChI is InChI=1S/C11H17N3/c1-3-14-8-10(7-13-14)6-12-11-4-9(2)5-11/h3,7-9,11-12H,1,4-6H2,2H3. The van der Waals surface area contributed by atoms with Crippen molar-refractivity contribution < 1.29 is 0 Å². The van der Waals surface area contributed by atoms with E-state index in [4.69, 9.17) is 0 Å². The van der Waals surface area contributed by atoms with Crippen LogP contribution in [0.4, 0.5) is 0 Å². The molecule has 1 saturated carbocycles. The zero-order valence-electron chi connectivity index (χ0n) is 8.61. The summed E-state index contributed by atoms with van der Waals surface area (Å²) in [7, 11) is 0. The molecule has 0 aromatic carbocycles. The molecule has 1 N–H and O–H groups in total. The lowest BCUT2D eigenvalue weighted by Gasteiger charge is -2.33. The van der Waals surface area contributed by atoms with Gasteiger partial charge in [-0.25, -0.2) is 4.68 Å². The summed E-state index contributed by atoms with van der Waals surface area (Å²) in [4.78, 5) is 0. The van der Waals surface area contributed by atoms with Gasteiger partial charge in [0.2, 0.25) is 0 Å². The highest BCUT2D eigenvalue weighted by atomic mass is 15.2. The van der Waals surface area contributed by atoms with Gasteiger partial charge in [-0.2, -0.15) is 5.10 Å². The largest absolute Gasteiger partial charge is 0.310 e. The third kappa shape index (κ3) is 2.04. The average Bonchev–Trinajstić information content (AvgIpc) is 2.58. The van der Waals surface area contributed by atoms with E-state index in [9.17, 15) is 0 Å². The van der Waals surface area contributed by atoms with Gasteiger partial charge in [-0.1, -0.05) is 13.5 Å². The monoisotopic (exact) mass is 191 g/mol. The molecule has 1 heterocycles. The third-order valence-electron chi connectivity index (χ3n) is 2.81. The van der Waals surface area contributed by atoms with Gasteiger partial charge in [0.1, 0.15) is 0 Å². The van der Waals surface area contributed by atoms with Gasteiger partial charge in [0, 0.05) is 30.5 Å². The van der Waals surface area contributed by atoms with E-state index in [2.05, 4.69) is 23.9 Å². The van der Waals surface area contributed by atoms with Gasteiger partial charge < -0.3 is 5.32 Å². The molecule has 0 unspecified atom stereocenters. The number of aromatic nitrogens is 2. The Balaban J connectivity index is 1.77. The summed E-state index contributed by atoms with van der Waals surface area (Å²) in [5.41, 5.74) is 1.23. The second-order valence-corrected chi connectivity index (χ2v) is 4.17. The van der Waals surface area contributed by atoms with Gasteiger partial charge in [-0.15, -0.1) is 0 Å². The Morgan fingerprint density at radius 3 is 3.07 bits per heavy atom. The van der Waals surface area contributed by atoms with Gasteiger partial charge in [-0.3, -0.25) is 0 Å². The van der Waals surface area contributed by atoms with E-state index in [0.717, 1.165) is 18.5 Å². The first kappa shape index (κ1) is 9.46. The number of nitrogens with zero attached hydrogens (tertiary/aromatic N) is 2. The summed E-state index contributed by atoms with van der Waals surface area (Å²) in [6, 6.07) is 0.720. The quantitative estimate of drug-likeness (QED) is 0.787. The van der Waals surface area contributed by atoms with E-state index in [1.54, 1.807) is 10.9 Å². The lowest BCUT2D eigenvalue weighted by Crippen LogP contribution is -2.39. The van der Waals surface area contributed by atoms with Gasteiger partial charge in [-0.05, 0) is 18.8 Å². The highest BCUT2D eigenvalue weighted by Crippen LogP contribution is 2.26. The number of rotatable bonds is 4. The maximum Gasteiger partial charge on any atom is 0.0538 e. The normalized spacial score (nSPS) is 25.8.